The van der Waals surface area contributed by atoms with Crippen LogP contribution in [0.25, 0.3) is 4.96 Å². The minimum absolute atomic E-state index is 0.270. The molecule has 20 heavy (non-hydrogen) atoms. The van der Waals surface area contributed by atoms with Crippen molar-refractivity contribution < 1.29 is 0 Å². The summed E-state index contributed by atoms with van der Waals surface area (Å²) < 4.78 is 1.95. The van der Waals surface area contributed by atoms with E-state index in [0.29, 0.717) is 5.92 Å². The highest BCUT2D eigenvalue weighted by molar-refractivity contribution is 7.16. The lowest BCUT2D eigenvalue weighted by molar-refractivity contribution is 0.748. The summed E-state index contributed by atoms with van der Waals surface area (Å²) in [5, 5.41) is 17.9. The molecule has 3 aromatic rings. The van der Waals surface area contributed by atoms with Gasteiger partial charge in [-0.3, -0.25) is 0 Å². The van der Waals surface area contributed by atoms with Gasteiger partial charge in [0.15, 0.2) is 5.82 Å². The van der Waals surface area contributed by atoms with Crippen molar-refractivity contribution in [1.82, 2.24) is 19.8 Å². The number of benzene rings is 1. The second kappa shape index (κ2) is 3.79. The fourth-order valence-electron chi connectivity index (χ4n) is 2.83. The van der Waals surface area contributed by atoms with Crippen LogP contribution in [0.5, 0.6) is 0 Å². The lowest BCUT2D eigenvalue weighted by Crippen LogP contribution is -2.06. The normalized spacial score (nSPS) is 21.1. The molecule has 0 bridgehead atoms. The van der Waals surface area contributed by atoms with Gasteiger partial charge in [-0.05, 0) is 24.5 Å². The zero-order valence-corrected chi connectivity index (χ0v) is 11.6. The molecule has 100 valence electrons. The summed E-state index contributed by atoms with van der Waals surface area (Å²) >= 11 is 1.65. The monoisotopic (exact) mass is 283 g/mol. The van der Waals surface area contributed by atoms with Crippen LogP contribution < -0.4 is 5.32 Å². The van der Waals surface area contributed by atoms with Crippen molar-refractivity contribution in [2.75, 3.05) is 5.32 Å². The molecule has 2 aromatic heterocycles. The van der Waals surface area contributed by atoms with Crippen LogP contribution >= 0.6 is 11.3 Å². The van der Waals surface area contributed by atoms with Gasteiger partial charge in [0.25, 0.3) is 0 Å². The molecule has 0 spiro atoms. The molecule has 0 saturated heterocycles. The molecule has 2 aliphatic rings. The number of nitrogens with zero attached hydrogens (tertiary/aromatic N) is 4. The van der Waals surface area contributed by atoms with Crippen LogP contribution in [0, 0.1) is 0 Å². The van der Waals surface area contributed by atoms with Crippen LogP contribution in [0.15, 0.2) is 24.3 Å². The first-order chi connectivity index (χ1) is 9.88. The average Bonchev–Trinajstić information content (AvgIpc) is 2.93. The van der Waals surface area contributed by atoms with Crippen LogP contribution in [0.2, 0.25) is 0 Å². The van der Waals surface area contributed by atoms with E-state index in [1.165, 1.54) is 24.1 Å². The molecule has 1 aliphatic heterocycles. The molecular weight excluding hydrogens is 270 g/mol. The lowest BCUT2D eigenvalue weighted by atomic mass is 10.1. The van der Waals surface area contributed by atoms with E-state index in [4.69, 9.17) is 5.10 Å². The highest BCUT2D eigenvalue weighted by Gasteiger charge is 2.31. The van der Waals surface area contributed by atoms with Gasteiger partial charge in [0.05, 0.1) is 6.04 Å². The molecule has 1 fully saturated rings. The van der Waals surface area contributed by atoms with Crippen LogP contribution in [0.4, 0.5) is 5.69 Å². The van der Waals surface area contributed by atoms with E-state index in [1.54, 1.807) is 11.3 Å². The zero-order chi connectivity index (χ0) is 13.1. The number of hydrogen-bond acceptors (Lipinski definition) is 5. The number of anilines is 1. The third-order valence-corrected chi connectivity index (χ3v) is 5.05. The van der Waals surface area contributed by atoms with E-state index in [0.717, 1.165) is 22.2 Å². The lowest BCUT2D eigenvalue weighted by Gasteiger charge is -2.05. The Labute approximate surface area is 119 Å². The summed E-state index contributed by atoms with van der Waals surface area (Å²) in [6, 6.07) is 8.74. The second-order valence-electron chi connectivity index (χ2n) is 5.53. The Morgan fingerprint density at radius 2 is 2.10 bits per heavy atom. The van der Waals surface area contributed by atoms with Gasteiger partial charge in [0, 0.05) is 18.0 Å². The predicted octanol–water partition coefficient (Wildman–Crippen LogP) is 2.77. The van der Waals surface area contributed by atoms with Crippen molar-refractivity contribution in [2.45, 2.75) is 31.2 Å². The Morgan fingerprint density at radius 1 is 1.20 bits per heavy atom. The Morgan fingerprint density at radius 3 is 2.95 bits per heavy atom. The van der Waals surface area contributed by atoms with Gasteiger partial charge in [-0.25, -0.2) is 0 Å². The standard InChI is InChI=1S/C14H13N5S/c1-2-4-10-9(3-1)7-11(15-10)13-18-19-12(8-5-6-8)16-17-14(19)20-13/h1-4,8,11,15H,5-7H2. The highest BCUT2D eigenvalue weighted by atomic mass is 32.1. The van der Waals surface area contributed by atoms with E-state index in [9.17, 15) is 0 Å². The van der Waals surface area contributed by atoms with E-state index in [-0.39, 0.29) is 6.04 Å². The topological polar surface area (TPSA) is 55.1 Å². The first-order valence-corrected chi connectivity index (χ1v) is 7.76. The molecule has 0 amide bonds. The Kier molecular flexibility index (Phi) is 2.04. The number of rotatable bonds is 2. The number of para-hydroxylation sites is 1. The van der Waals surface area contributed by atoms with E-state index >= 15 is 0 Å². The molecular formula is C14H13N5S. The van der Waals surface area contributed by atoms with Crippen molar-refractivity contribution in [1.29, 1.82) is 0 Å². The summed E-state index contributed by atoms with van der Waals surface area (Å²) in [6.45, 7) is 0. The molecule has 1 saturated carbocycles. The summed E-state index contributed by atoms with van der Waals surface area (Å²) in [4.78, 5) is 0.916. The molecule has 5 rings (SSSR count). The number of nitrogens with one attached hydrogen (secondary N) is 1. The van der Waals surface area contributed by atoms with E-state index in [1.807, 2.05) is 4.52 Å². The molecule has 0 radical (unpaired) electrons. The van der Waals surface area contributed by atoms with Gasteiger partial charge < -0.3 is 5.32 Å². The van der Waals surface area contributed by atoms with Crippen LogP contribution in [0.1, 0.15) is 41.2 Å². The number of fused-ring (bicyclic) bond motifs is 2. The number of hydrogen-bond donors (Lipinski definition) is 1. The van der Waals surface area contributed by atoms with Crippen molar-refractivity contribution in [2.24, 2.45) is 0 Å². The second-order valence-corrected chi connectivity index (χ2v) is 6.51. The molecule has 1 aliphatic carbocycles. The van der Waals surface area contributed by atoms with Crippen LogP contribution in [-0.2, 0) is 6.42 Å². The molecule has 1 N–H and O–H groups in total. The zero-order valence-electron chi connectivity index (χ0n) is 10.8. The van der Waals surface area contributed by atoms with Gasteiger partial charge in [-0.15, -0.1) is 10.2 Å². The molecule has 1 atom stereocenters. The van der Waals surface area contributed by atoms with Gasteiger partial charge in [0.1, 0.15) is 5.01 Å². The largest absolute Gasteiger partial charge is 0.375 e. The minimum Gasteiger partial charge on any atom is -0.375 e. The predicted molar refractivity (Wildman–Crippen MR) is 77.1 cm³/mol. The SMILES string of the molecule is c1ccc2c(c1)CC(c1nn3c(C4CC4)nnc3s1)N2. The summed E-state index contributed by atoms with van der Waals surface area (Å²) in [5.74, 6) is 1.62. The quantitative estimate of drug-likeness (QED) is 0.785. The van der Waals surface area contributed by atoms with E-state index < -0.39 is 0 Å². The van der Waals surface area contributed by atoms with Crippen LogP contribution in [-0.4, -0.2) is 19.8 Å². The maximum Gasteiger partial charge on any atom is 0.234 e. The maximum absolute atomic E-state index is 4.75. The molecule has 3 heterocycles. The number of aromatic nitrogens is 4. The summed E-state index contributed by atoms with van der Waals surface area (Å²) in [5.41, 5.74) is 2.59. The first kappa shape index (κ1) is 10.8. The highest BCUT2D eigenvalue weighted by Crippen LogP contribution is 2.40. The first-order valence-electron chi connectivity index (χ1n) is 6.95. The molecule has 1 unspecified atom stereocenters. The van der Waals surface area contributed by atoms with Crippen molar-refractivity contribution in [3.05, 3.63) is 40.7 Å². The Bertz CT molecular complexity index is 776. The maximum atomic E-state index is 4.75. The Balaban J connectivity index is 1.53. The van der Waals surface area contributed by atoms with Gasteiger partial charge in [-0.2, -0.15) is 9.61 Å². The van der Waals surface area contributed by atoms with Crippen molar-refractivity contribution in [3.63, 3.8) is 0 Å². The summed E-state index contributed by atoms with van der Waals surface area (Å²) in [7, 11) is 0. The van der Waals surface area contributed by atoms with E-state index in [2.05, 4.69) is 39.8 Å². The molecule has 5 nitrogen and oxygen atoms in total. The van der Waals surface area contributed by atoms with Crippen molar-refractivity contribution in [3.8, 4) is 0 Å². The fraction of sp³-hybridized carbons (Fsp3) is 0.357. The minimum atomic E-state index is 0.270. The molecule has 6 heteroatoms. The average molecular weight is 283 g/mol. The smallest absolute Gasteiger partial charge is 0.234 e. The fourth-order valence-corrected chi connectivity index (χ4v) is 3.73. The summed E-state index contributed by atoms with van der Waals surface area (Å²) in [6.07, 6.45) is 3.45. The van der Waals surface area contributed by atoms with Gasteiger partial charge in [-0.1, -0.05) is 29.5 Å². The van der Waals surface area contributed by atoms with Crippen molar-refractivity contribution >= 4 is 22.0 Å². The third-order valence-electron chi connectivity index (χ3n) is 4.04. The molecule has 1 aromatic carbocycles. The Hall–Kier alpha value is -1.95. The van der Waals surface area contributed by atoms with Crippen LogP contribution in [0.3, 0.4) is 0 Å². The third kappa shape index (κ3) is 1.51. The van der Waals surface area contributed by atoms with Gasteiger partial charge in [0.2, 0.25) is 4.96 Å². The van der Waals surface area contributed by atoms with Gasteiger partial charge >= 0.3 is 0 Å².